The molecule has 0 radical (unpaired) electrons. The van der Waals surface area contributed by atoms with Gasteiger partial charge < -0.3 is 10.1 Å². The van der Waals surface area contributed by atoms with Gasteiger partial charge in [0.05, 0.1) is 12.3 Å². The number of hydrogen-bond donors (Lipinski definition) is 2. The summed E-state index contributed by atoms with van der Waals surface area (Å²) in [6.07, 6.45) is 0. The Morgan fingerprint density at radius 3 is 2.63 bits per heavy atom. The Balaban J connectivity index is 1.74. The summed E-state index contributed by atoms with van der Waals surface area (Å²) in [7, 11) is 0. The molecule has 0 saturated heterocycles. The highest BCUT2D eigenvalue weighted by molar-refractivity contribution is 9.10. The Hall–Kier alpha value is -3.53. The first-order valence-electron chi connectivity index (χ1n) is 9.32. The van der Waals surface area contributed by atoms with Crippen LogP contribution in [-0.2, 0) is 0 Å². The van der Waals surface area contributed by atoms with Crippen LogP contribution in [0.4, 0.5) is 11.6 Å². The van der Waals surface area contributed by atoms with Gasteiger partial charge in [-0.15, -0.1) is 0 Å². The number of benzene rings is 2. The molecular formula is C20H16BrN7O2. The predicted molar refractivity (Wildman–Crippen MR) is 114 cm³/mol. The number of H-pyrrole nitrogens is 1. The van der Waals surface area contributed by atoms with Crippen molar-refractivity contribution in [2.45, 2.75) is 13.0 Å². The second kappa shape index (κ2) is 7.38. The normalized spacial score (nSPS) is 14.5. The number of aromatic nitrogens is 6. The van der Waals surface area contributed by atoms with Crippen LogP contribution < -0.4 is 15.6 Å². The molecular weight excluding hydrogens is 450 g/mol. The van der Waals surface area contributed by atoms with Gasteiger partial charge in [-0.3, -0.25) is 4.79 Å². The number of nitrogens with zero attached hydrogens (tertiary/aromatic N) is 5. The van der Waals surface area contributed by atoms with Crippen LogP contribution in [0.25, 0.3) is 11.3 Å². The fourth-order valence-electron chi connectivity index (χ4n) is 3.59. The zero-order valence-corrected chi connectivity index (χ0v) is 17.4. The first-order chi connectivity index (χ1) is 14.7. The standard InChI is InChI=1S/C20H16BrN7O2/c1-2-30-14-9-5-12(6-10-14)18-15-16(11-3-7-13(21)8-4-11)23-24-19(29)17(15)22-20-25-26-27-28(18)20/h3-10,18H,2H2,1H3,(H,24,29)(H,22,25,27). The summed E-state index contributed by atoms with van der Waals surface area (Å²) in [4.78, 5) is 12.7. The zero-order valence-electron chi connectivity index (χ0n) is 15.8. The van der Waals surface area contributed by atoms with Gasteiger partial charge in [-0.05, 0) is 47.2 Å². The van der Waals surface area contributed by atoms with Crippen molar-refractivity contribution in [2.75, 3.05) is 11.9 Å². The molecule has 1 aliphatic rings. The summed E-state index contributed by atoms with van der Waals surface area (Å²) in [6, 6.07) is 15.0. The lowest BCUT2D eigenvalue weighted by molar-refractivity contribution is 0.340. The third kappa shape index (κ3) is 3.05. The monoisotopic (exact) mass is 465 g/mol. The van der Waals surface area contributed by atoms with Crippen LogP contribution in [0.1, 0.15) is 24.1 Å². The molecule has 9 nitrogen and oxygen atoms in total. The molecule has 10 heteroatoms. The van der Waals surface area contributed by atoms with E-state index in [-0.39, 0.29) is 5.56 Å². The van der Waals surface area contributed by atoms with E-state index in [0.29, 0.717) is 29.5 Å². The van der Waals surface area contributed by atoms with Crippen molar-refractivity contribution >= 4 is 27.6 Å². The molecule has 5 rings (SSSR count). The van der Waals surface area contributed by atoms with E-state index in [2.05, 4.69) is 47.0 Å². The van der Waals surface area contributed by atoms with E-state index in [9.17, 15) is 4.79 Å². The van der Waals surface area contributed by atoms with Crippen LogP contribution in [0.5, 0.6) is 5.75 Å². The molecule has 0 aliphatic carbocycles. The van der Waals surface area contributed by atoms with Gasteiger partial charge >= 0.3 is 0 Å². The van der Waals surface area contributed by atoms with E-state index in [4.69, 9.17) is 4.74 Å². The van der Waals surface area contributed by atoms with Gasteiger partial charge in [-0.1, -0.05) is 45.3 Å². The fourth-order valence-corrected chi connectivity index (χ4v) is 3.85. The lowest BCUT2D eigenvalue weighted by Crippen LogP contribution is -2.29. The van der Waals surface area contributed by atoms with Gasteiger partial charge in [0.15, 0.2) is 0 Å². The minimum absolute atomic E-state index is 0.337. The maximum atomic E-state index is 12.7. The highest BCUT2D eigenvalue weighted by Crippen LogP contribution is 2.41. The van der Waals surface area contributed by atoms with Crippen LogP contribution in [0.2, 0.25) is 0 Å². The van der Waals surface area contributed by atoms with Gasteiger partial charge in [0.2, 0.25) is 5.95 Å². The van der Waals surface area contributed by atoms with Crippen molar-refractivity contribution in [2.24, 2.45) is 0 Å². The number of rotatable bonds is 4. The van der Waals surface area contributed by atoms with Crippen molar-refractivity contribution in [3.05, 3.63) is 74.5 Å². The number of halogens is 1. The lowest BCUT2D eigenvalue weighted by Gasteiger charge is -2.27. The second-order valence-electron chi connectivity index (χ2n) is 6.67. The molecule has 0 amide bonds. The number of aromatic amines is 1. The molecule has 150 valence electrons. The molecule has 2 aromatic heterocycles. The second-order valence-corrected chi connectivity index (χ2v) is 7.59. The minimum Gasteiger partial charge on any atom is -0.494 e. The van der Waals surface area contributed by atoms with Gasteiger partial charge in [-0.2, -0.15) is 9.78 Å². The highest BCUT2D eigenvalue weighted by Gasteiger charge is 2.34. The molecule has 30 heavy (non-hydrogen) atoms. The van der Waals surface area contributed by atoms with Gasteiger partial charge in [0.1, 0.15) is 17.5 Å². The number of anilines is 2. The van der Waals surface area contributed by atoms with E-state index in [1.54, 1.807) is 4.68 Å². The molecule has 0 fully saturated rings. The molecule has 1 aliphatic heterocycles. The van der Waals surface area contributed by atoms with Crippen LogP contribution in [0.15, 0.2) is 57.8 Å². The number of fused-ring (bicyclic) bond motifs is 2. The largest absolute Gasteiger partial charge is 0.494 e. The number of nitrogens with one attached hydrogen (secondary N) is 2. The Kier molecular flexibility index (Phi) is 4.55. The van der Waals surface area contributed by atoms with E-state index >= 15 is 0 Å². The number of hydrogen-bond acceptors (Lipinski definition) is 7. The summed E-state index contributed by atoms with van der Waals surface area (Å²) in [6.45, 7) is 2.52. The molecule has 4 aromatic rings. The summed E-state index contributed by atoms with van der Waals surface area (Å²) in [5.74, 6) is 1.16. The summed E-state index contributed by atoms with van der Waals surface area (Å²) in [5, 5.41) is 22.0. The van der Waals surface area contributed by atoms with E-state index in [1.807, 2.05) is 55.5 Å². The Morgan fingerprint density at radius 1 is 1.13 bits per heavy atom. The topological polar surface area (TPSA) is 111 Å². The maximum Gasteiger partial charge on any atom is 0.288 e. The SMILES string of the molecule is CCOc1ccc(C2c3c(-c4ccc(Br)cc4)n[nH]c(=O)c3Nc3nnnn32)cc1. The van der Waals surface area contributed by atoms with E-state index in [0.717, 1.165) is 21.3 Å². The molecule has 2 N–H and O–H groups in total. The molecule has 1 unspecified atom stereocenters. The van der Waals surface area contributed by atoms with Crippen LogP contribution in [0, 0.1) is 0 Å². The van der Waals surface area contributed by atoms with Gasteiger partial charge in [-0.25, -0.2) is 5.10 Å². The van der Waals surface area contributed by atoms with Crippen molar-refractivity contribution in [1.29, 1.82) is 0 Å². The number of tetrazole rings is 1. The van der Waals surface area contributed by atoms with Crippen LogP contribution in [0.3, 0.4) is 0 Å². The smallest absolute Gasteiger partial charge is 0.288 e. The molecule has 0 bridgehead atoms. The Morgan fingerprint density at radius 2 is 1.90 bits per heavy atom. The first kappa shape index (κ1) is 18.5. The van der Waals surface area contributed by atoms with Gasteiger partial charge in [0, 0.05) is 15.6 Å². The third-order valence-corrected chi connectivity index (χ3v) is 5.42. The molecule has 3 heterocycles. The van der Waals surface area contributed by atoms with Crippen LogP contribution >= 0.6 is 15.9 Å². The number of ether oxygens (including phenoxy) is 1. The summed E-state index contributed by atoms with van der Waals surface area (Å²) < 4.78 is 8.17. The quantitative estimate of drug-likeness (QED) is 0.418. The van der Waals surface area contributed by atoms with E-state index < -0.39 is 6.04 Å². The summed E-state index contributed by atoms with van der Waals surface area (Å²) >= 11 is 3.46. The Labute approximate surface area is 179 Å². The summed E-state index contributed by atoms with van der Waals surface area (Å²) in [5.41, 5.74) is 3.15. The average Bonchev–Trinajstić information content (AvgIpc) is 3.23. The highest BCUT2D eigenvalue weighted by atomic mass is 79.9. The maximum absolute atomic E-state index is 12.7. The van der Waals surface area contributed by atoms with Gasteiger partial charge in [0.25, 0.3) is 5.56 Å². The molecule has 1 atom stereocenters. The third-order valence-electron chi connectivity index (χ3n) is 4.89. The minimum atomic E-state index is -0.435. The van der Waals surface area contributed by atoms with Crippen molar-refractivity contribution in [3.63, 3.8) is 0 Å². The van der Waals surface area contributed by atoms with Crippen LogP contribution in [-0.4, -0.2) is 37.0 Å². The molecule has 2 aromatic carbocycles. The fraction of sp³-hybridized carbons (Fsp3) is 0.150. The predicted octanol–water partition coefficient (Wildman–Crippen LogP) is 3.28. The molecule has 0 spiro atoms. The average molecular weight is 466 g/mol. The zero-order chi connectivity index (χ0) is 20.7. The van der Waals surface area contributed by atoms with Crippen molar-refractivity contribution in [3.8, 4) is 17.0 Å². The van der Waals surface area contributed by atoms with Crippen molar-refractivity contribution in [1.82, 2.24) is 30.4 Å². The first-order valence-corrected chi connectivity index (χ1v) is 10.1. The Bertz CT molecular complexity index is 1270. The van der Waals surface area contributed by atoms with E-state index in [1.165, 1.54) is 0 Å². The van der Waals surface area contributed by atoms with Crippen molar-refractivity contribution < 1.29 is 4.74 Å². The molecule has 0 saturated carbocycles. The lowest BCUT2D eigenvalue weighted by atomic mass is 9.92.